The molecular formula is C39H66O5. The SMILES string of the molecule is CCCCCC=CCC=CCC=CCC=CCCCC(=O)O[C@@H](CO)COC(=O)CCCCCCCC=CCCCCCC. The van der Waals surface area contributed by atoms with E-state index in [0.717, 1.165) is 51.4 Å². The van der Waals surface area contributed by atoms with Crippen molar-refractivity contribution in [3.63, 3.8) is 0 Å². The van der Waals surface area contributed by atoms with Gasteiger partial charge in [0.1, 0.15) is 6.61 Å². The average molecular weight is 615 g/mol. The van der Waals surface area contributed by atoms with Gasteiger partial charge in [0.25, 0.3) is 0 Å². The Morgan fingerprint density at radius 1 is 0.523 bits per heavy atom. The van der Waals surface area contributed by atoms with E-state index in [2.05, 4.69) is 74.6 Å². The van der Waals surface area contributed by atoms with E-state index in [0.29, 0.717) is 12.8 Å². The van der Waals surface area contributed by atoms with E-state index < -0.39 is 6.10 Å². The molecule has 5 nitrogen and oxygen atoms in total. The molecule has 0 amide bonds. The van der Waals surface area contributed by atoms with Crippen molar-refractivity contribution < 1.29 is 24.2 Å². The summed E-state index contributed by atoms with van der Waals surface area (Å²) in [4.78, 5) is 24.1. The third kappa shape index (κ3) is 32.5. The first-order chi connectivity index (χ1) is 21.6. The van der Waals surface area contributed by atoms with E-state index >= 15 is 0 Å². The van der Waals surface area contributed by atoms with Gasteiger partial charge in [0.2, 0.25) is 0 Å². The van der Waals surface area contributed by atoms with Gasteiger partial charge < -0.3 is 14.6 Å². The fourth-order valence-corrected chi connectivity index (χ4v) is 4.54. The Kier molecular flexibility index (Phi) is 33.2. The first-order valence-electron chi connectivity index (χ1n) is 17.8. The standard InChI is InChI=1S/C39H66O5/c1-3-5-7-9-11-13-15-17-18-19-20-22-24-26-28-30-32-34-39(42)44-37(35-40)36-43-38(41)33-31-29-27-25-23-21-16-14-12-10-8-6-4-2/h11,13-14,16-18,20,22,26,28,37,40H,3-10,12,15,19,21,23-25,27,29-36H2,1-2H3/t37-/m0/s1. The van der Waals surface area contributed by atoms with Gasteiger partial charge in [-0.05, 0) is 77.0 Å². The predicted molar refractivity (Wildman–Crippen MR) is 187 cm³/mol. The highest BCUT2D eigenvalue weighted by atomic mass is 16.6. The Morgan fingerprint density at radius 2 is 0.932 bits per heavy atom. The van der Waals surface area contributed by atoms with E-state index in [1.165, 1.54) is 70.6 Å². The maximum atomic E-state index is 12.1. The molecular weight excluding hydrogens is 548 g/mol. The van der Waals surface area contributed by atoms with Gasteiger partial charge in [0.05, 0.1) is 6.61 Å². The highest BCUT2D eigenvalue weighted by molar-refractivity contribution is 5.70. The maximum absolute atomic E-state index is 12.1. The number of ether oxygens (including phenoxy) is 2. The minimum atomic E-state index is -0.803. The molecule has 0 fully saturated rings. The number of allylic oxidation sites excluding steroid dienone is 10. The number of esters is 2. The van der Waals surface area contributed by atoms with Crippen molar-refractivity contribution in [2.24, 2.45) is 0 Å². The van der Waals surface area contributed by atoms with Crippen LogP contribution in [0.5, 0.6) is 0 Å². The Morgan fingerprint density at radius 3 is 1.50 bits per heavy atom. The van der Waals surface area contributed by atoms with Crippen molar-refractivity contribution in [1.82, 2.24) is 0 Å². The predicted octanol–water partition coefficient (Wildman–Crippen LogP) is 10.8. The molecule has 0 saturated heterocycles. The summed E-state index contributed by atoms with van der Waals surface area (Å²) >= 11 is 0. The topological polar surface area (TPSA) is 72.8 Å². The molecule has 0 aliphatic rings. The monoisotopic (exact) mass is 614 g/mol. The zero-order valence-electron chi connectivity index (χ0n) is 28.4. The third-order valence-corrected chi connectivity index (χ3v) is 7.28. The first-order valence-corrected chi connectivity index (χ1v) is 17.8. The molecule has 1 atom stereocenters. The molecule has 0 radical (unpaired) electrons. The molecule has 0 spiro atoms. The summed E-state index contributed by atoms with van der Waals surface area (Å²) in [7, 11) is 0. The summed E-state index contributed by atoms with van der Waals surface area (Å²) in [5.41, 5.74) is 0. The molecule has 44 heavy (non-hydrogen) atoms. The van der Waals surface area contributed by atoms with Crippen LogP contribution in [0.2, 0.25) is 0 Å². The van der Waals surface area contributed by atoms with Crippen LogP contribution in [-0.4, -0.2) is 36.4 Å². The quantitative estimate of drug-likeness (QED) is 0.0478. The molecule has 0 aliphatic heterocycles. The molecule has 1 N–H and O–H groups in total. The van der Waals surface area contributed by atoms with E-state index in [4.69, 9.17) is 9.47 Å². The summed E-state index contributed by atoms with van der Waals surface area (Å²) in [6.45, 7) is 4.02. The molecule has 0 aliphatic carbocycles. The minimum Gasteiger partial charge on any atom is -0.462 e. The Labute approximate surface area is 271 Å². The summed E-state index contributed by atoms with van der Waals surface area (Å²) in [5, 5.41) is 9.51. The fraction of sp³-hybridized carbons (Fsp3) is 0.692. The smallest absolute Gasteiger partial charge is 0.306 e. The van der Waals surface area contributed by atoms with E-state index in [-0.39, 0.29) is 31.6 Å². The maximum Gasteiger partial charge on any atom is 0.306 e. The zero-order chi connectivity index (χ0) is 32.2. The van der Waals surface area contributed by atoms with Crippen LogP contribution in [0.4, 0.5) is 0 Å². The van der Waals surface area contributed by atoms with Crippen LogP contribution in [0.15, 0.2) is 60.8 Å². The van der Waals surface area contributed by atoms with Crippen molar-refractivity contribution in [3.05, 3.63) is 60.8 Å². The Bertz CT molecular complexity index is 792. The van der Waals surface area contributed by atoms with Gasteiger partial charge in [-0.25, -0.2) is 0 Å². The Hall–Kier alpha value is -2.40. The van der Waals surface area contributed by atoms with Crippen molar-refractivity contribution in [1.29, 1.82) is 0 Å². The molecule has 252 valence electrons. The van der Waals surface area contributed by atoms with Gasteiger partial charge in [-0.2, -0.15) is 0 Å². The second kappa shape index (κ2) is 35.1. The normalized spacial score (nSPS) is 12.9. The number of carbonyl (C=O) groups excluding carboxylic acids is 2. The second-order valence-electron chi connectivity index (χ2n) is 11.6. The molecule has 0 aromatic heterocycles. The number of aliphatic hydroxyl groups is 1. The van der Waals surface area contributed by atoms with Gasteiger partial charge >= 0.3 is 11.9 Å². The molecule has 5 heteroatoms. The van der Waals surface area contributed by atoms with Crippen molar-refractivity contribution in [2.75, 3.05) is 13.2 Å². The average Bonchev–Trinajstić information content (AvgIpc) is 3.02. The van der Waals surface area contributed by atoms with Gasteiger partial charge in [0.15, 0.2) is 6.10 Å². The van der Waals surface area contributed by atoms with Gasteiger partial charge in [-0.15, -0.1) is 0 Å². The minimum absolute atomic E-state index is 0.0942. The van der Waals surface area contributed by atoms with Crippen LogP contribution in [0.1, 0.15) is 155 Å². The fourth-order valence-electron chi connectivity index (χ4n) is 4.54. The summed E-state index contributed by atoms with van der Waals surface area (Å²) in [5.74, 6) is -0.673. The van der Waals surface area contributed by atoms with Gasteiger partial charge in [0, 0.05) is 12.8 Å². The number of unbranched alkanes of at least 4 members (excludes halogenated alkanes) is 13. The molecule has 0 aromatic carbocycles. The molecule has 0 bridgehead atoms. The van der Waals surface area contributed by atoms with E-state index in [1.54, 1.807) is 0 Å². The van der Waals surface area contributed by atoms with Crippen LogP contribution in [0.3, 0.4) is 0 Å². The van der Waals surface area contributed by atoms with Crippen molar-refractivity contribution in [3.8, 4) is 0 Å². The largest absolute Gasteiger partial charge is 0.462 e. The van der Waals surface area contributed by atoms with E-state index in [9.17, 15) is 14.7 Å². The summed E-state index contributed by atoms with van der Waals surface area (Å²) in [6, 6.07) is 0. The lowest BCUT2D eigenvalue weighted by Gasteiger charge is -2.15. The number of rotatable bonds is 31. The molecule has 0 heterocycles. The van der Waals surface area contributed by atoms with E-state index in [1.807, 2.05) is 0 Å². The highest BCUT2D eigenvalue weighted by Gasteiger charge is 2.15. The third-order valence-electron chi connectivity index (χ3n) is 7.28. The van der Waals surface area contributed by atoms with Crippen LogP contribution in [-0.2, 0) is 19.1 Å². The number of carbonyl (C=O) groups is 2. The molecule has 0 rings (SSSR count). The van der Waals surface area contributed by atoms with Crippen LogP contribution in [0.25, 0.3) is 0 Å². The lowest BCUT2D eigenvalue weighted by atomic mass is 10.1. The van der Waals surface area contributed by atoms with Crippen LogP contribution in [0, 0.1) is 0 Å². The second-order valence-corrected chi connectivity index (χ2v) is 11.6. The number of aliphatic hydroxyl groups excluding tert-OH is 1. The van der Waals surface area contributed by atoms with Gasteiger partial charge in [-0.1, -0.05) is 126 Å². The summed E-state index contributed by atoms with van der Waals surface area (Å²) in [6.07, 6.45) is 44.2. The molecule has 0 saturated carbocycles. The Balaban J connectivity index is 3.72. The van der Waals surface area contributed by atoms with Gasteiger partial charge in [-0.3, -0.25) is 9.59 Å². The summed E-state index contributed by atoms with van der Waals surface area (Å²) < 4.78 is 10.5. The lowest BCUT2D eigenvalue weighted by Crippen LogP contribution is -2.28. The van der Waals surface area contributed by atoms with Crippen LogP contribution < -0.4 is 0 Å². The zero-order valence-corrected chi connectivity index (χ0v) is 28.4. The molecule has 0 unspecified atom stereocenters. The van der Waals surface area contributed by atoms with Crippen LogP contribution >= 0.6 is 0 Å². The lowest BCUT2D eigenvalue weighted by molar-refractivity contribution is -0.161. The van der Waals surface area contributed by atoms with Crippen molar-refractivity contribution >= 4 is 11.9 Å². The molecule has 0 aromatic rings. The highest BCUT2D eigenvalue weighted by Crippen LogP contribution is 2.10. The number of hydrogen-bond donors (Lipinski definition) is 1. The first kappa shape index (κ1) is 41.6. The van der Waals surface area contributed by atoms with Crippen molar-refractivity contribution in [2.45, 2.75) is 161 Å². The number of hydrogen-bond acceptors (Lipinski definition) is 5.